The molecule has 2 aromatic rings. The Morgan fingerprint density at radius 1 is 1.04 bits per heavy atom. The SMILES string of the molecule is CC(=O)C(C)OC(=O)c1cccc(S(=O)(=O)N(C)c2ccccc2)c1. The van der Waals surface area contributed by atoms with Crippen molar-refractivity contribution in [3.05, 3.63) is 60.2 Å². The molecule has 0 heterocycles. The molecule has 0 fully saturated rings. The average Bonchev–Trinajstić information content (AvgIpc) is 2.61. The molecule has 0 amide bonds. The molecule has 0 spiro atoms. The van der Waals surface area contributed by atoms with E-state index in [1.165, 1.54) is 45.2 Å². The number of rotatable bonds is 6. The second-order valence-electron chi connectivity index (χ2n) is 5.49. The lowest BCUT2D eigenvalue weighted by atomic mass is 10.2. The number of sulfonamides is 1. The van der Waals surface area contributed by atoms with Gasteiger partial charge in [-0.3, -0.25) is 9.10 Å². The first-order chi connectivity index (χ1) is 11.7. The van der Waals surface area contributed by atoms with Gasteiger partial charge in [0.05, 0.1) is 16.1 Å². The van der Waals surface area contributed by atoms with Gasteiger partial charge in [-0.15, -0.1) is 0 Å². The lowest BCUT2D eigenvalue weighted by Gasteiger charge is -2.19. The molecule has 0 aliphatic carbocycles. The summed E-state index contributed by atoms with van der Waals surface area (Å²) in [5.74, 6) is -1.04. The third-order valence-electron chi connectivity index (χ3n) is 3.70. The Morgan fingerprint density at radius 3 is 2.28 bits per heavy atom. The van der Waals surface area contributed by atoms with Gasteiger partial charge in [0.25, 0.3) is 10.0 Å². The predicted octanol–water partition coefficient (Wildman–Crippen LogP) is 2.65. The van der Waals surface area contributed by atoms with Gasteiger partial charge in [-0.1, -0.05) is 24.3 Å². The van der Waals surface area contributed by atoms with Crippen LogP contribution in [0.2, 0.25) is 0 Å². The molecule has 0 saturated heterocycles. The number of ketones is 1. The summed E-state index contributed by atoms with van der Waals surface area (Å²) >= 11 is 0. The second-order valence-corrected chi connectivity index (χ2v) is 7.46. The standard InChI is InChI=1S/C18H19NO5S/c1-13(20)14(2)24-18(21)15-8-7-11-17(12-15)25(22,23)19(3)16-9-5-4-6-10-16/h4-12,14H,1-3H3. The first kappa shape index (κ1) is 18.7. The topological polar surface area (TPSA) is 80.8 Å². The predicted molar refractivity (Wildman–Crippen MR) is 94.0 cm³/mol. The number of hydrogen-bond acceptors (Lipinski definition) is 5. The van der Waals surface area contributed by atoms with Crippen molar-refractivity contribution in [1.29, 1.82) is 0 Å². The summed E-state index contributed by atoms with van der Waals surface area (Å²) in [5.41, 5.74) is 0.566. The van der Waals surface area contributed by atoms with Gasteiger partial charge in [0.15, 0.2) is 11.9 Å². The number of ether oxygens (including phenoxy) is 1. The minimum absolute atomic E-state index is 0.0382. The van der Waals surface area contributed by atoms with Crippen LogP contribution in [0.5, 0.6) is 0 Å². The molecule has 1 atom stereocenters. The fourth-order valence-electron chi connectivity index (χ4n) is 2.03. The minimum atomic E-state index is -3.83. The summed E-state index contributed by atoms with van der Waals surface area (Å²) in [6.45, 7) is 2.78. The second kappa shape index (κ2) is 7.48. The van der Waals surface area contributed by atoms with E-state index in [9.17, 15) is 18.0 Å². The Morgan fingerprint density at radius 2 is 1.68 bits per heavy atom. The molecule has 6 nitrogen and oxygen atoms in total. The van der Waals surface area contributed by atoms with Crippen molar-refractivity contribution in [2.45, 2.75) is 24.8 Å². The van der Waals surface area contributed by atoms with Crippen molar-refractivity contribution < 1.29 is 22.7 Å². The quantitative estimate of drug-likeness (QED) is 0.739. The highest BCUT2D eigenvalue weighted by Gasteiger charge is 2.23. The molecular formula is C18H19NO5S. The van der Waals surface area contributed by atoms with Gasteiger partial charge in [0.1, 0.15) is 0 Å². The Bertz CT molecular complexity index is 877. The average molecular weight is 361 g/mol. The van der Waals surface area contributed by atoms with Crippen LogP contribution in [0, 0.1) is 0 Å². The lowest BCUT2D eigenvalue weighted by Crippen LogP contribution is -2.27. The van der Waals surface area contributed by atoms with Crippen molar-refractivity contribution in [1.82, 2.24) is 0 Å². The number of carbonyl (C=O) groups excluding carboxylic acids is 2. The van der Waals surface area contributed by atoms with E-state index in [2.05, 4.69) is 0 Å². The van der Waals surface area contributed by atoms with Gasteiger partial charge in [-0.25, -0.2) is 13.2 Å². The molecule has 0 aromatic heterocycles. The highest BCUT2D eigenvalue weighted by molar-refractivity contribution is 7.92. The van der Waals surface area contributed by atoms with Crippen molar-refractivity contribution in [2.75, 3.05) is 11.4 Å². The molecule has 0 bridgehead atoms. The van der Waals surface area contributed by atoms with Gasteiger partial charge in [0.2, 0.25) is 0 Å². The van der Waals surface area contributed by atoms with Crippen molar-refractivity contribution in [3.63, 3.8) is 0 Å². The van der Waals surface area contributed by atoms with E-state index in [0.29, 0.717) is 5.69 Å². The normalized spacial score (nSPS) is 12.3. The first-order valence-electron chi connectivity index (χ1n) is 7.59. The van der Waals surface area contributed by atoms with Crippen LogP contribution in [-0.4, -0.2) is 33.3 Å². The van der Waals surface area contributed by atoms with Gasteiger partial charge in [-0.05, 0) is 44.2 Å². The maximum Gasteiger partial charge on any atom is 0.338 e. The molecule has 132 valence electrons. The number of para-hydroxylation sites is 1. The van der Waals surface area contributed by atoms with Crippen molar-refractivity contribution in [3.8, 4) is 0 Å². The van der Waals surface area contributed by atoms with E-state index in [-0.39, 0.29) is 16.2 Å². The third-order valence-corrected chi connectivity index (χ3v) is 5.49. The molecule has 0 aliphatic rings. The lowest BCUT2D eigenvalue weighted by molar-refractivity contribution is -0.124. The van der Waals surface area contributed by atoms with Gasteiger partial charge in [0, 0.05) is 7.05 Å². The number of benzene rings is 2. The highest BCUT2D eigenvalue weighted by atomic mass is 32.2. The number of carbonyl (C=O) groups is 2. The maximum atomic E-state index is 12.8. The van der Waals surface area contributed by atoms with Gasteiger partial charge < -0.3 is 4.74 Å². The number of esters is 1. The summed E-state index contributed by atoms with van der Waals surface area (Å²) in [6.07, 6.45) is -0.889. The Labute approximate surface area is 147 Å². The van der Waals surface area contributed by atoms with E-state index in [0.717, 1.165) is 4.31 Å². The van der Waals surface area contributed by atoms with Crippen LogP contribution >= 0.6 is 0 Å². The highest BCUT2D eigenvalue weighted by Crippen LogP contribution is 2.22. The van der Waals surface area contributed by atoms with Crippen LogP contribution < -0.4 is 4.31 Å². The summed E-state index contributed by atoms with van der Waals surface area (Å²) in [7, 11) is -2.40. The summed E-state index contributed by atoms with van der Waals surface area (Å²) < 4.78 is 31.7. The molecule has 7 heteroatoms. The van der Waals surface area contributed by atoms with Crippen LogP contribution in [-0.2, 0) is 19.6 Å². The molecule has 2 aromatic carbocycles. The number of nitrogens with zero attached hydrogens (tertiary/aromatic N) is 1. The first-order valence-corrected chi connectivity index (χ1v) is 9.03. The molecule has 2 rings (SSSR count). The fourth-order valence-corrected chi connectivity index (χ4v) is 3.27. The summed E-state index contributed by atoms with van der Waals surface area (Å²) in [6, 6.07) is 14.1. The Hall–Kier alpha value is -2.67. The molecular weight excluding hydrogens is 342 g/mol. The smallest absolute Gasteiger partial charge is 0.338 e. The fraction of sp³-hybridized carbons (Fsp3) is 0.222. The van der Waals surface area contributed by atoms with Crippen LogP contribution in [0.3, 0.4) is 0 Å². The largest absolute Gasteiger partial charge is 0.451 e. The molecule has 0 radical (unpaired) electrons. The number of hydrogen-bond donors (Lipinski definition) is 0. The molecule has 1 unspecified atom stereocenters. The van der Waals surface area contributed by atoms with Crippen molar-refractivity contribution >= 4 is 27.5 Å². The number of anilines is 1. The molecule has 0 N–H and O–H groups in total. The number of Topliss-reactive ketones (excluding diaryl/α,β-unsaturated/α-hetero) is 1. The monoisotopic (exact) mass is 361 g/mol. The van der Waals surface area contributed by atoms with E-state index in [1.54, 1.807) is 30.3 Å². The molecule has 25 heavy (non-hydrogen) atoms. The van der Waals surface area contributed by atoms with Crippen molar-refractivity contribution in [2.24, 2.45) is 0 Å². The van der Waals surface area contributed by atoms with Crippen LogP contribution in [0.15, 0.2) is 59.5 Å². The van der Waals surface area contributed by atoms with E-state index in [4.69, 9.17) is 4.74 Å². The Balaban J connectivity index is 2.31. The zero-order valence-electron chi connectivity index (χ0n) is 14.2. The minimum Gasteiger partial charge on any atom is -0.451 e. The maximum absolute atomic E-state index is 12.8. The zero-order chi connectivity index (χ0) is 18.6. The molecule has 0 aliphatic heterocycles. The van der Waals surface area contributed by atoms with Crippen LogP contribution in [0.1, 0.15) is 24.2 Å². The zero-order valence-corrected chi connectivity index (χ0v) is 15.0. The third kappa shape index (κ3) is 4.24. The van der Waals surface area contributed by atoms with Crippen LogP contribution in [0.4, 0.5) is 5.69 Å². The van der Waals surface area contributed by atoms with E-state index >= 15 is 0 Å². The summed E-state index contributed by atoms with van der Waals surface area (Å²) in [5, 5.41) is 0. The van der Waals surface area contributed by atoms with Gasteiger partial charge >= 0.3 is 5.97 Å². The summed E-state index contributed by atoms with van der Waals surface area (Å²) in [4.78, 5) is 23.3. The molecule has 0 saturated carbocycles. The van der Waals surface area contributed by atoms with Gasteiger partial charge in [-0.2, -0.15) is 0 Å². The van der Waals surface area contributed by atoms with Crippen LogP contribution in [0.25, 0.3) is 0 Å². The van der Waals surface area contributed by atoms with E-state index < -0.39 is 22.1 Å². The Kier molecular flexibility index (Phi) is 5.58. The van der Waals surface area contributed by atoms with E-state index in [1.807, 2.05) is 0 Å².